The minimum absolute atomic E-state index is 0.0236. The highest BCUT2D eigenvalue weighted by Crippen LogP contribution is 2.34. The van der Waals surface area contributed by atoms with Gasteiger partial charge in [0.25, 0.3) is 0 Å². The van der Waals surface area contributed by atoms with Gasteiger partial charge in [0.05, 0.1) is 38.1 Å². The van der Waals surface area contributed by atoms with Crippen LogP contribution in [0.1, 0.15) is 12.6 Å². The zero-order chi connectivity index (χ0) is 17.1. The lowest BCUT2D eigenvalue weighted by Crippen LogP contribution is -2.30. The lowest BCUT2D eigenvalue weighted by atomic mass is 10.1. The molecule has 3 rings (SSSR count). The van der Waals surface area contributed by atoms with Crippen LogP contribution in [-0.4, -0.2) is 31.7 Å². The van der Waals surface area contributed by atoms with Gasteiger partial charge in [-0.2, -0.15) is 0 Å². The minimum atomic E-state index is -0.131. The second-order valence-corrected chi connectivity index (χ2v) is 5.78. The Labute approximate surface area is 141 Å². The molecular formula is C18H21N3O3. The highest BCUT2D eigenvalue weighted by molar-refractivity contribution is 5.97. The first-order valence-electron chi connectivity index (χ1n) is 7.84. The molecule has 126 valence electrons. The summed E-state index contributed by atoms with van der Waals surface area (Å²) in [6.07, 6.45) is 1.70. The Bertz CT molecular complexity index is 748. The average Bonchev–Trinajstić information content (AvgIpc) is 2.72. The Kier molecular flexibility index (Phi) is 4.55. The first kappa shape index (κ1) is 16.1. The molecule has 0 spiro atoms. The first-order valence-corrected chi connectivity index (χ1v) is 7.84. The second-order valence-electron chi connectivity index (χ2n) is 5.78. The largest absolute Gasteiger partial charge is 0.493 e. The van der Waals surface area contributed by atoms with E-state index in [1.807, 2.05) is 31.2 Å². The number of carbonyl (C=O) groups is 1. The number of nitrogens with one attached hydrogen (secondary N) is 1. The summed E-state index contributed by atoms with van der Waals surface area (Å²) in [5.41, 5.74) is 2.56. The molecule has 24 heavy (non-hydrogen) atoms. The van der Waals surface area contributed by atoms with Crippen molar-refractivity contribution in [3.8, 4) is 11.5 Å². The van der Waals surface area contributed by atoms with E-state index in [0.29, 0.717) is 24.6 Å². The summed E-state index contributed by atoms with van der Waals surface area (Å²) in [4.78, 5) is 18.8. The number of methoxy groups -OCH3 is 2. The molecule has 0 fully saturated rings. The summed E-state index contributed by atoms with van der Waals surface area (Å²) in [7, 11) is 3.21. The van der Waals surface area contributed by atoms with Gasteiger partial charge in [-0.15, -0.1) is 0 Å². The predicted molar refractivity (Wildman–Crippen MR) is 92.6 cm³/mol. The van der Waals surface area contributed by atoms with E-state index in [0.717, 1.165) is 17.1 Å². The van der Waals surface area contributed by atoms with Gasteiger partial charge in [-0.25, -0.2) is 0 Å². The topological polar surface area (TPSA) is 63.7 Å². The van der Waals surface area contributed by atoms with Gasteiger partial charge in [0, 0.05) is 18.8 Å². The van der Waals surface area contributed by atoms with Crippen molar-refractivity contribution in [1.29, 1.82) is 0 Å². The average molecular weight is 327 g/mol. The van der Waals surface area contributed by atoms with Crippen molar-refractivity contribution in [2.24, 2.45) is 5.92 Å². The van der Waals surface area contributed by atoms with Crippen LogP contribution >= 0.6 is 0 Å². The molecule has 0 aliphatic carbocycles. The molecule has 1 aromatic heterocycles. The number of carbonyl (C=O) groups excluding carboxylic acids is 1. The number of anilines is 2. The Morgan fingerprint density at radius 1 is 1.25 bits per heavy atom. The van der Waals surface area contributed by atoms with Gasteiger partial charge in [-0.3, -0.25) is 9.78 Å². The zero-order valence-corrected chi connectivity index (χ0v) is 14.1. The lowest BCUT2D eigenvalue weighted by Gasteiger charge is -2.26. The molecular weight excluding hydrogens is 306 g/mol. The normalized spacial score (nSPS) is 16.9. The number of ether oxygens (including phenoxy) is 2. The number of hydrogen-bond donors (Lipinski definition) is 1. The smallest absolute Gasteiger partial charge is 0.229 e. The van der Waals surface area contributed by atoms with Gasteiger partial charge in [0.2, 0.25) is 5.91 Å². The molecule has 1 aliphatic heterocycles. The van der Waals surface area contributed by atoms with Crippen molar-refractivity contribution in [3.05, 3.63) is 42.2 Å². The second kappa shape index (κ2) is 6.78. The summed E-state index contributed by atoms with van der Waals surface area (Å²) >= 11 is 0. The third-order valence-corrected chi connectivity index (χ3v) is 4.15. The number of rotatable bonds is 4. The zero-order valence-electron chi connectivity index (χ0n) is 14.1. The molecule has 2 aromatic rings. The summed E-state index contributed by atoms with van der Waals surface area (Å²) in [5.74, 6) is 1.16. The van der Waals surface area contributed by atoms with Crippen LogP contribution in [0.5, 0.6) is 11.5 Å². The van der Waals surface area contributed by atoms with Crippen LogP contribution in [0.4, 0.5) is 11.4 Å². The van der Waals surface area contributed by atoms with Crippen LogP contribution < -0.4 is 19.7 Å². The fourth-order valence-electron chi connectivity index (χ4n) is 2.92. The molecule has 0 saturated heterocycles. The molecule has 1 aromatic carbocycles. The summed E-state index contributed by atoms with van der Waals surface area (Å²) in [6, 6.07) is 9.56. The van der Waals surface area contributed by atoms with Gasteiger partial charge >= 0.3 is 0 Å². The molecule has 0 radical (unpaired) electrons. The summed E-state index contributed by atoms with van der Waals surface area (Å²) in [5, 5.41) is 2.98. The Hall–Kier alpha value is -2.76. The quantitative estimate of drug-likeness (QED) is 0.935. The Morgan fingerprint density at radius 2 is 2.04 bits per heavy atom. The lowest BCUT2D eigenvalue weighted by molar-refractivity contribution is -0.119. The highest BCUT2D eigenvalue weighted by Gasteiger charge is 2.26. The monoisotopic (exact) mass is 327 g/mol. The molecule has 1 N–H and O–H groups in total. The fraction of sp³-hybridized carbons (Fsp3) is 0.333. The number of pyridine rings is 1. The van der Waals surface area contributed by atoms with E-state index in [9.17, 15) is 4.79 Å². The molecule has 2 heterocycles. The van der Waals surface area contributed by atoms with E-state index in [1.54, 1.807) is 26.5 Å². The molecule has 1 aliphatic rings. The molecule has 6 nitrogen and oxygen atoms in total. The van der Waals surface area contributed by atoms with Crippen molar-refractivity contribution in [3.63, 3.8) is 0 Å². The number of para-hydroxylation sites is 2. The van der Waals surface area contributed by atoms with Crippen LogP contribution in [0, 0.1) is 5.92 Å². The first-order chi connectivity index (χ1) is 11.6. The SMILES string of the molecule is COc1ccnc(CN2C[C@@H](C)C(=O)Nc3ccccc32)c1OC. The molecule has 0 saturated carbocycles. The molecule has 0 unspecified atom stereocenters. The minimum Gasteiger partial charge on any atom is -0.493 e. The third kappa shape index (κ3) is 2.99. The molecule has 6 heteroatoms. The van der Waals surface area contributed by atoms with E-state index >= 15 is 0 Å². The summed E-state index contributed by atoms with van der Waals surface area (Å²) in [6.45, 7) is 3.05. The van der Waals surface area contributed by atoms with Crippen LogP contribution in [0.25, 0.3) is 0 Å². The van der Waals surface area contributed by atoms with E-state index in [-0.39, 0.29) is 11.8 Å². The van der Waals surface area contributed by atoms with E-state index in [4.69, 9.17) is 9.47 Å². The predicted octanol–water partition coefficient (Wildman–Crippen LogP) is 2.69. The van der Waals surface area contributed by atoms with Crippen molar-refractivity contribution < 1.29 is 14.3 Å². The Morgan fingerprint density at radius 3 is 2.79 bits per heavy atom. The Balaban J connectivity index is 1.99. The maximum absolute atomic E-state index is 12.2. The number of aromatic nitrogens is 1. The maximum Gasteiger partial charge on any atom is 0.229 e. The third-order valence-electron chi connectivity index (χ3n) is 4.15. The van der Waals surface area contributed by atoms with Crippen molar-refractivity contribution in [2.75, 3.05) is 31.0 Å². The van der Waals surface area contributed by atoms with Crippen LogP contribution in [0.15, 0.2) is 36.5 Å². The number of amides is 1. The number of benzene rings is 1. The highest BCUT2D eigenvalue weighted by atomic mass is 16.5. The number of hydrogen-bond acceptors (Lipinski definition) is 5. The van der Waals surface area contributed by atoms with Gasteiger partial charge in [-0.05, 0) is 12.1 Å². The molecule has 0 bridgehead atoms. The van der Waals surface area contributed by atoms with Gasteiger partial charge in [0.15, 0.2) is 11.5 Å². The van der Waals surface area contributed by atoms with E-state index < -0.39 is 0 Å². The molecule has 1 atom stereocenters. The van der Waals surface area contributed by atoms with Crippen molar-refractivity contribution in [2.45, 2.75) is 13.5 Å². The maximum atomic E-state index is 12.2. The van der Waals surface area contributed by atoms with Gasteiger partial charge < -0.3 is 19.7 Å². The van der Waals surface area contributed by atoms with Crippen molar-refractivity contribution in [1.82, 2.24) is 4.98 Å². The van der Waals surface area contributed by atoms with Crippen molar-refractivity contribution >= 4 is 17.3 Å². The standard InChI is InChI=1S/C18H21N3O3/c1-12-10-21(15-7-5-4-6-13(15)20-18(12)22)11-14-17(24-3)16(23-2)8-9-19-14/h4-9,12H,10-11H2,1-3H3,(H,20,22)/t12-/m1/s1. The van der Waals surface area contributed by atoms with E-state index in [1.165, 1.54) is 0 Å². The number of fused-ring (bicyclic) bond motifs is 1. The van der Waals surface area contributed by atoms with Crippen LogP contribution in [0.3, 0.4) is 0 Å². The van der Waals surface area contributed by atoms with Gasteiger partial charge in [0.1, 0.15) is 5.69 Å². The number of nitrogens with zero attached hydrogens (tertiary/aromatic N) is 2. The van der Waals surface area contributed by atoms with Crippen LogP contribution in [0.2, 0.25) is 0 Å². The molecule has 1 amide bonds. The fourth-order valence-corrected chi connectivity index (χ4v) is 2.92. The van der Waals surface area contributed by atoms with E-state index in [2.05, 4.69) is 15.2 Å². The van der Waals surface area contributed by atoms with Crippen LogP contribution in [-0.2, 0) is 11.3 Å². The van der Waals surface area contributed by atoms with Gasteiger partial charge in [-0.1, -0.05) is 19.1 Å². The summed E-state index contributed by atoms with van der Waals surface area (Å²) < 4.78 is 10.8.